The number of H-pyrrole nitrogens is 1. The van der Waals surface area contributed by atoms with E-state index in [9.17, 15) is 13.2 Å². The molecule has 5 nitrogen and oxygen atoms in total. The quantitative estimate of drug-likeness (QED) is 0.781. The monoisotopic (exact) mass is 351 g/mol. The molecule has 2 aromatic heterocycles. The Kier molecular flexibility index (Phi) is 4.32. The Morgan fingerprint density at radius 2 is 1.92 bits per heavy atom. The molecule has 0 aliphatic carbocycles. The lowest BCUT2D eigenvalue weighted by atomic mass is 9.97. The summed E-state index contributed by atoms with van der Waals surface area (Å²) in [6.45, 7) is 5.18. The standard InChI is InChI=1S/C17H20F3N5/c1-10-16(11(2)25(23-10)6-5-24(3)4)13-7-12(17(18,19)20)8-15-14(13)9-21-22-15/h7-9H,5-6H2,1-4H3,(H,21,22). The maximum Gasteiger partial charge on any atom is 0.416 e. The van der Waals surface area contributed by atoms with Crippen LogP contribution in [0.5, 0.6) is 0 Å². The summed E-state index contributed by atoms with van der Waals surface area (Å²) in [4.78, 5) is 2.04. The van der Waals surface area contributed by atoms with Crippen LogP contribution in [0.15, 0.2) is 18.3 Å². The second-order valence-corrected chi connectivity index (χ2v) is 6.43. The summed E-state index contributed by atoms with van der Waals surface area (Å²) in [5.41, 5.74) is 2.46. The number of aromatic amines is 1. The molecule has 0 amide bonds. The zero-order valence-electron chi connectivity index (χ0n) is 14.6. The van der Waals surface area contributed by atoms with Crippen molar-refractivity contribution in [3.05, 3.63) is 35.3 Å². The van der Waals surface area contributed by atoms with Gasteiger partial charge in [0.1, 0.15) is 0 Å². The average molecular weight is 351 g/mol. The lowest BCUT2D eigenvalue weighted by molar-refractivity contribution is -0.137. The number of hydrogen-bond donors (Lipinski definition) is 1. The smallest absolute Gasteiger partial charge is 0.308 e. The van der Waals surface area contributed by atoms with Gasteiger partial charge >= 0.3 is 6.18 Å². The molecule has 0 radical (unpaired) electrons. The summed E-state index contributed by atoms with van der Waals surface area (Å²) in [5, 5.41) is 11.7. The molecule has 0 unspecified atom stereocenters. The van der Waals surface area contributed by atoms with Crippen molar-refractivity contribution in [2.45, 2.75) is 26.6 Å². The first-order valence-corrected chi connectivity index (χ1v) is 7.92. The fraction of sp³-hybridized carbons (Fsp3) is 0.412. The highest BCUT2D eigenvalue weighted by molar-refractivity contribution is 5.96. The average Bonchev–Trinajstić information content (AvgIpc) is 3.08. The van der Waals surface area contributed by atoms with Gasteiger partial charge in [0.05, 0.1) is 29.5 Å². The van der Waals surface area contributed by atoms with Gasteiger partial charge in [0.15, 0.2) is 0 Å². The van der Waals surface area contributed by atoms with Crippen molar-refractivity contribution in [1.29, 1.82) is 0 Å². The van der Waals surface area contributed by atoms with E-state index in [1.54, 1.807) is 6.20 Å². The van der Waals surface area contributed by atoms with Crippen LogP contribution in [0.4, 0.5) is 13.2 Å². The van der Waals surface area contributed by atoms with Crippen molar-refractivity contribution in [3.8, 4) is 11.1 Å². The molecule has 1 N–H and O–H groups in total. The van der Waals surface area contributed by atoms with Gasteiger partial charge in [-0.05, 0) is 45.6 Å². The molecule has 2 heterocycles. The highest BCUT2D eigenvalue weighted by atomic mass is 19.4. The number of halogens is 3. The minimum Gasteiger partial charge on any atom is -0.308 e. The predicted octanol–water partition coefficient (Wildman–Crippen LogP) is 3.62. The van der Waals surface area contributed by atoms with Crippen molar-refractivity contribution in [3.63, 3.8) is 0 Å². The van der Waals surface area contributed by atoms with Gasteiger partial charge in [0, 0.05) is 23.2 Å². The molecule has 0 aliphatic heterocycles. The summed E-state index contributed by atoms with van der Waals surface area (Å²) in [6.07, 6.45) is -2.86. The minimum absolute atomic E-state index is 0.365. The van der Waals surface area contributed by atoms with E-state index in [0.29, 0.717) is 28.7 Å². The maximum atomic E-state index is 13.3. The molecule has 0 spiro atoms. The van der Waals surface area contributed by atoms with Crippen molar-refractivity contribution in [2.24, 2.45) is 0 Å². The van der Waals surface area contributed by atoms with E-state index in [1.807, 2.05) is 37.5 Å². The highest BCUT2D eigenvalue weighted by Crippen LogP contribution is 2.38. The summed E-state index contributed by atoms with van der Waals surface area (Å²) in [6, 6.07) is 2.28. The second-order valence-electron chi connectivity index (χ2n) is 6.43. The predicted molar refractivity (Wildman–Crippen MR) is 90.3 cm³/mol. The van der Waals surface area contributed by atoms with E-state index < -0.39 is 11.7 Å². The molecule has 0 saturated carbocycles. The molecule has 0 saturated heterocycles. The minimum atomic E-state index is -4.42. The number of likely N-dealkylation sites (N-methyl/N-ethyl adjacent to an activating group) is 1. The Morgan fingerprint density at radius 1 is 1.20 bits per heavy atom. The number of hydrogen-bond acceptors (Lipinski definition) is 3. The molecule has 0 fully saturated rings. The molecule has 134 valence electrons. The SMILES string of the molecule is Cc1nn(CCN(C)C)c(C)c1-c1cc(C(F)(F)F)cc2[nH]ncc12. The lowest BCUT2D eigenvalue weighted by Gasteiger charge is -2.12. The van der Waals surface area contributed by atoms with Crippen LogP contribution in [-0.4, -0.2) is 45.5 Å². The number of alkyl halides is 3. The topological polar surface area (TPSA) is 49.7 Å². The van der Waals surface area contributed by atoms with Gasteiger partial charge in [0.2, 0.25) is 0 Å². The van der Waals surface area contributed by atoms with Gasteiger partial charge in [0.25, 0.3) is 0 Å². The number of benzene rings is 1. The largest absolute Gasteiger partial charge is 0.416 e. The van der Waals surface area contributed by atoms with Gasteiger partial charge in [-0.1, -0.05) is 0 Å². The normalized spacial score (nSPS) is 12.5. The Balaban J connectivity index is 2.18. The fourth-order valence-electron chi connectivity index (χ4n) is 3.02. The Morgan fingerprint density at radius 3 is 2.56 bits per heavy atom. The molecule has 1 aromatic carbocycles. The highest BCUT2D eigenvalue weighted by Gasteiger charge is 2.32. The van der Waals surface area contributed by atoms with Crippen LogP contribution in [0.2, 0.25) is 0 Å². The molecular weight excluding hydrogens is 331 g/mol. The Labute approximate surface area is 143 Å². The van der Waals surface area contributed by atoms with Gasteiger partial charge in [-0.2, -0.15) is 23.4 Å². The number of aromatic nitrogens is 4. The summed E-state index contributed by atoms with van der Waals surface area (Å²) >= 11 is 0. The molecular formula is C17H20F3N5. The molecule has 8 heteroatoms. The first-order chi connectivity index (χ1) is 11.7. The first kappa shape index (κ1) is 17.5. The summed E-state index contributed by atoms with van der Waals surface area (Å²) in [5.74, 6) is 0. The molecule has 0 atom stereocenters. The molecule has 0 bridgehead atoms. The zero-order chi connectivity index (χ0) is 18.4. The third-order valence-corrected chi connectivity index (χ3v) is 4.30. The van der Waals surface area contributed by atoms with Crippen molar-refractivity contribution < 1.29 is 13.2 Å². The number of nitrogens with zero attached hydrogens (tertiary/aromatic N) is 4. The number of rotatable bonds is 4. The van der Waals surface area contributed by atoms with Crippen LogP contribution >= 0.6 is 0 Å². The van der Waals surface area contributed by atoms with Gasteiger partial charge < -0.3 is 4.90 Å². The zero-order valence-corrected chi connectivity index (χ0v) is 14.6. The third kappa shape index (κ3) is 3.26. The van der Waals surface area contributed by atoms with Crippen molar-refractivity contribution in [1.82, 2.24) is 24.9 Å². The molecule has 0 aliphatic rings. The number of nitrogens with one attached hydrogen (secondary N) is 1. The van der Waals surface area contributed by atoms with E-state index in [2.05, 4.69) is 15.3 Å². The van der Waals surface area contributed by atoms with Gasteiger partial charge in [-0.3, -0.25) is 9.78 Å². The first-order valence-electron chi connectivity index (χ1n) is 7.92. The molecule has 3 rings (SSSR count). The molecule has 25 heavy (non-hydrogen) atoms. The van der Waals surface area contributed by atoms with Crippen LogP contribution < -0.4 is 0 Å². The second kappa shape index (κ2) is 6.18. The fourth-order valence-corrected chi connectivity index (χ4v) is 3.02. The Bertz CT molecular complexity index is 905. The van der Waals surface area contributed by atoms with Crippen LogP contribution in [-0.2, 0) is 12.7 Å². The number of fused-ring (bicyclic) bond motifs is 1. The summed E-state index contributed by atoms with van der Waals surface area (Å²) < 4.78 is 41.7. The van der Waals surface area contributed by atoms with E-state index in [1.165, 1.54) is 6.07 Å². The van der Waals surface area contributed by atoms with Crippen molar-refractivity contribution in [2.75, 3.05) is 20.6 Å². The summed E-state index contributed by atoms with van der Waals surface area (Å²) in [7, 11) is 3.93. The van der Waals surface area contributed by atoms with Crippen LogP contribution in [0, 0.1) is 13.8 Å². The van der Waals surface area contributed by atoms with Crippen LogP contribution in [0.3, 0.4) is 0 Å². The van der Waals surface area contributed by atoms with E-state index >= 15 is 0 Å². The van der Waals surface area contributed by atoms with Crippen LogP contribution in [0.1, 0.15) is 17.0 Å². The number of aryl methyl sites for hydroxylation is 1. The van der Waals surface area contributed by atoms with Crippen molar-refractivity contribution >= 4 is 10.9 Å². The van der Waals surface area contributed by atoms with E-state index in [4.69, 9.17) is 0 Å². The third-order valence-electron chi connectivity index (χ3n) is 4.30. The van der Waals surface area contributed by atoms with Gasteiger partial charge in [-0.15, -0.1) is 0 Å². The maximum absolute atomic E-state index is 13.3. The Hall–Kier alpha value is -2.35. The van der Waals surface area contributed by atoms with E-state index in [-0.39, 0.29) is 0 Å². The van der Waals surface area contributed by atoms with Crippen LogP contribution in [0.25, 0.3) is 22.0 Å². The van der Waals surface area contributed by atoms with E-state index in [0.717, 1.165) is 23.9 Å². The lowest BCUT2D eigenvalue weighted by Crippen LogP contribution is -2.19. The van der Waals surface area contributed by atoms with Gasteiger partial charge in [-0.25, -0.2) is 0 Å². The molecule has 3 aromatic rings.